The zero-order chi connectivity index (χ0) is 17.8. The summed E-state index contributed by atoms with van der Waals surface area (Å²) in [5.41, 5.74) is 0.564. The van der Waals surface area contributed by atoms with E-state index in [2.05, 4.69) is 22.1 Å². The largest absolute Gasteiger partial charge is 0.463 e. The zero-order valence-corrected chi connectivity index (χ0v) is 14.9. The minimum Gasteiger partial charge on any atom is -0.463 e. The van der Waals surface area contributed by atoms with Gasteiger partial charge < -0.3 is 18.8 Å². The van der Waals surface area contributed by atoms with Gasteiger partial charge in [-0.1, -0.05) is 6.92 Å². The number of aryl methyl sites for hydroxylation is 2. The molecule has 8 heteroatoms. The van der Waals surface area contributed by atoms with Crippen LogP contribution in [0.2, 0.25) is 0 Å². The second kappa shape index (κ2) is 7.79. The van der Waals surface area contributed by atoms with Crippen LogP contribution in [0.3, 0.4) is 0 Å². The number of hydrogen-bond acceptors (Lipinski definition) is 6. The van der Waals surface area contributed by atoms with Gasteiger partial charge in [0.25, 0.3) is 5.91 Å². The number of ether oxygens (including phenoxy) is 2. The van der Waals surface area contributed by atoms with Crippen LogP contribution < -0.4 is 0 Å². The number of H-pyrrole nitrogens is 1. The lowest BCUT2D eigenvalue weighted by molar-refractivity contribution is -0.0267. The molecule has 1 unspecified atom stereocenters. The molecule has 1 aliphatic rings. The Hall–Kier alpha value is -2.19. The van der Waals surface area contributed by atoms with Gasteiger partial charge in [-0.2, -0.15) is 5.10 Å². The molecule has 1 aliphatic heterocycles. The first-order valence-electron chi connectivity index (χ1n) is 8.52. The van der Waals surface area contributed by atoms with E-state index in [0.717, 1.165) is 18.7 Å². The Morgan fingerprint density at radius 2 is 2.36 bits per heavy atom. The van der Waals surface area contributed by atoms with E-state index in [1.807, 2.05) is 0 Å². The van der Waals surface area contributed by atoms with Crippen LogP contribution in [0, 0.1) is 6.92 Å². The third-order valence-corrected chi connectivity index (χ3v) is 4.16. The van der Waals surface area contributed by atoms with E-state index in [1.165, 1.54) is 0 Å². The third kappa shape index (κ3) is 3.91. The van der Waals surface area contributed by atoms with Gasteiger partial charge >= 0.3 is 0 Å². The number of carbonyl (C=O) groups excluding carboxylic acids is 1. The minimum atomic E-state index is -0.315. The molecule has 0 spiro atoms. The number of methoxy groups -OCH3 is 1. The second-order valence-corrected chi connectivity index (χ2v) is 6.12. The van der Waals surface area contributed by atoms with Crippen molar-refractivity contribution in [2.24, 2.45) is 0 Å². The molecule has 0 radical (unpaired) electrons. The predicted molar refractivity (Wildman–Crippen MR) is 89.1 cm³/mol. The fourth-order valence-electron chi connectivity index (χ4n) is 2.93. The molecule has 3 rings (SSSR count). The SMILES string of the molecule is CCCc1nc(C2CN(C(=O)c3cc(COC)oc3C)CCO2)n[nH]1. The van der Waals surface area contributed by atoms with Crippen molar-refractivity contribution in [3.8, 4) is 0 Å². The van der Waals surface area contributed by atoms with Crippen molar-refractivity contribution in [3.05, 3.63) is 34.8 Å². The number of amides is 1. The normalized spacial score (nSPS) is 17.9. The van der Waals surface area contributed by atoms with E-state index in [1.54, 1.807) is 25.0 Å². The fourth-order valence-corrected chi connectivity index (χ4v) is 2.93. The number of aromatic nitrogens is 3. The molecule has 1 atom stereocenters. The molecule has 1 amide bonds. The molecule has 1 saturated heterocycles. The molecule has 3 heterocycles. The van der Waals surface area contributed by atoms with Gasteiger partial charge in [0, 0.05) is 20.1 Å². The van der Waals surface area contributed by atoms with Crippen LogP contribution in [0.5, 0.6) is 0 Å². The van der Waals surface area contributed by atoms with Gasteiger partial charge in [0.05, 0.1) is 18.7 Å². The molecule has 136 valence electrons. The van der Waals surface area contributed by atoms with Gasteiger partial charge in [-0.25, -0.2) is 4.98 Å². The maximum Gasteiger partial charge on any atom is 0.257 e. The van der Waals surface area contributed by atoms with Crippen LogP contribution in [0.25, 0.3) is 0 Å². The summed E-state index contributed by atoms with van der Waals surface area (Å²) in [6.45, 7) is 5.63. The number of morpholine rings is 1. The molecule has 25 heavy (non-hydrogen) atoms. The fraction of sp³-hybridized carbons (Fsp3) is 0.588. The Morgan fingerprint density at radius 3 is 3.12 bits per heavy atom. The van der Waals surface area contributed by atoms with E-state index in [-0.39, 0.29) is 12.0 Å². The van der Waals surface area contributed by atoms with E-state index in [9.17, 15) is 4.79 Å². The van der Waals surface area contributed by atoms with E-state index < -0.39 is 0 Å². The first-order chi connectivity index (χ1) is 12.1. The molecule has 8 nitrogen and oxygen atoms in total. The topological polar surface area (TPSA) is 93.5 Å². The highest BCUT2D eigenvalue weighted by atomic mass is 16.5. The third-order valence-electron chi connectivity index (χ3n) is 4.16. The number of furan rings is 1. The maximum absolute atomic E-state index is 12.8. The van der Waals surface area contributed by atoms with Crippen molar-refractivity contribution in [1.82, 2.24) is 20.1 Å². The molecular formula is C17H24N4O4. The summed E-state index contributed by atoms with van der Waals surface area (Å²) in [6.07, 6.45) is 1.53. The van der Waals surface area contributed by atoms with Gasteiger partial charge in [0.15, 0.2) is 5.82 Å². The molecule has 0 bridgehead atoms. The Morgan fingerprint density at radius 1 is 1.52 bits per heavy atom. The first kappa shape index (κ1) is 17.6. The van der Waals surface area contributed by atoms with Crippen molar-refractivity contribution in [2.45, 2.75) is 39.4 Å². The number of carbonyl (C=O) groups is 1. The number of rotatable bonds is 6. The molecule has 0 saturated carbocycles. The standard InChI is InChI=1S/C17H24N4O4/c1-4-5-15-18-16(20-19-15)14-9-21(6-7-24-14)17(22)13-8-12(10-23-3)25-11(13)2/h8,14H,4-7,9-10H2,1-3H3,(H,18,19,20). The highest BCUT2D eigenvalue weighted by Crippen LogP contribution is 2.23. The quantitative estimate of drug-likeness (QED) is 0.858. The van der Waals surface area contributed by atoms with E-state index in [0.29, 0.717) is 49.2 Å². The Labute approximate surface area is 146 Å². The predicted octanol–water partition coefficient (Wildman–Crippen LogP) is 2.02. The molecule has 0 aliphatic carbocycles. The number of aromatic amines is 1. The van der Waals surface area contributed by atoms with Crippen LogP contribution in [-0.2, 0) is 22.5 Å². The summed E-state index contributed by atoms with van der Waals surface area (Å²) in [4.78, 5) is 19.1. The zero-order valence-electron chi connectivity index (χ0n) is 14.9. The van der Waals surface area contributed by atoms with Crippen molar-refractivity contribution in [1.29, 1.82) is 0 Å². The van der Waals surface area contributed by atoms with E-state index >= 15 is 0 Å². The van der Waals surface area contributed by atoms with Crippen LogP contribution >= 0.6 is 0 Å². The first-order valence-corrected chi connectivity index (χ1v) is 8.52. The smallest absolute Gasteiger partial charge is 0.257 e. The van der Waals surface area contributed by atoms with Crippen LogP contribution in [0.15, 0.2) is 10.5 Å². The van der Waals surface area contributed by atoms with Gasteiger partial charge in [0.2, 0.25) is 0 Å². The summed E-state index contributed by atoms with van der Waals surface area (Å²) in [5.74, 6) is 2.63. The average Bonchev–Trinajstić information content (AvgIpc) is 3.22. The van der Waals surface area contributed by atoms with Crippen LogP contribution in [0.4, 0.5) is 0 Å². The lowest BCUT2D eigenvalue weighted by Gasteiger charge is -2.31. The lowest BCUT2D eigenvalue weighted by atomic mass is 10.2. The Balaban J connectivity index is 1.70. The molecule has 2 aromatic rings. The average molecular weight is 348 g/mol. The molecular weight excluding hydrogens is 324 g/mol. The molecule has 0 aromatic carbocycles. The number of hydrogen-bond donors (Lipinski definition) is 1. The monoisotopic (exact) mass is 348 g/mol. The van der Waals surface area contributed by atoms with Crippen LogP contribution in [0.1, 0.15) is 53.0 Å². The van der Waals surface area contributed by atoms with Crippen molar-refractivity contribution >= 4 is 5.91 Å². The number of nitrogens with zero attached hydrogens (tertiary/aromatic N) is 3. The molecule has 1 N–H and O–H groups in total. The number of nitrogens with one attached hydrogen (secondary N) is 1. The highest BCUT2D eigenvalue weighted by molar-refractivity contribution is 5.95. The van der Waals surface area contributed by atoms with Gasteiger partial charge in [0.1, 0.15) is 30.1 Å². The maximum atomic E-state index is 12.8. The summed E-state index contributed by atoms with van der Waals surface area (Å²) >= 11 is 0. The summed E-state index contributed by atoms with van der Waals surface area (Å²) in [7, 11) is 1.59. The van der Waals surface area contributed by atoms with Crippen molar-refractivity contribution < 1.29 is 18.7 Å². The van der Waals surface area contributed by atoms with Gasteiger partial charge in [-0.15, -0.1) is 0 Å². The summed E-state index contributed by atoms with van der Waals surface area (Å²) < 4.78 is 16.4. The van der Waals surface area contributed by atoms with Crippen molar-refractivity contribution in [2.75, 3.05) is 26.8 Å². The Bertz CT molecular complexity index is 724. The minimum absolute atomic E-state index is 0.0683. The summed E-state index contributed by atoms with van der Waals surface area (Å²) in [6, 6.07) is 1.75. The second-order valence-electron chi connectivity index (χ2n) is 6.12. The van der Waals surface area contributed by atoms with Crippen LogP contribution in [-0.4, -0.2) is 52.8 Å². The summed E-state index contributed by atoms with van der Waals surface area (Å²) in [5, 5.41) is 7.17. The van der Waals surface area contributed by atoms with E-state index in [4.69, 9.17) is 13.9 Å². The highest BCUT2D eigenvalue weighted by Gasteiger charge is 2.30. The lowest BCUT2D eigenvalue weighted by Crippen LogP contribution is -2.42. The molecule has 2 aromatic heterocycles. The molecule has 1 fully saturated rings. The van der Waals surface area contributed by atoms with Gasteiger partial charge in [-0.3, -0.25) is 9.89 Å². The van der Waals surface area contributed by atoms with Gasteiger partial charge in [-0.05, 0) is 19.4 Å². The van der Waals surface area contributed by atoms with Crippen molar-refractivity contribution in [3.63, 3.8) is 0 Å². The Kier molecular flexibility index (Phi) is 5.50.